The number of nitrogens with one attached hydrogen (secondary N) is 1. The van der Waals surface area contributed by atoms with Gasteiger partial charge in [0.05, 0.1) is 0 Å². The van der Waals surface area contributed by atoms with Crippen molar-refractivity contribution in [2.24, 2.45) is 0 Å². The Labute approximate surface area is 116 Å². The molecule has 0 aromatic heterocycles. The van der Waals surface area contributed by atoms with E-state index in [0.29, 0.717) is 5.92 Å². The molecule has 0 amide bonds. The third-order valence-electron chi connectivity index (χ3n) is 3.19. The van der Waals surface area contributed by atoms with E-state index >= 15 is 0 Å². The minimum atomic E-state index is 0.548. The maximum absolute atomic E-state index is 3.47. The van der Waals surface area contributed by atoms with E-state index in [0.717, 1.165) is 13.1 Å². The van der Waals surface area contributed by atoms with E-state index in [1.807, 2.05) is 6.07 Å². The lowest BCUT2D eigenvalue weighted by Crippen LogP contribution is -2.19. The molecule has 0 fully saturated rings. The lowest BCUT2D eigenvalue weighted by atomic mass is 10.0. The second kappa shape index (κ2) is 7.55. The van der Waals surface area contributed by atoms with Crippen molar-refractivity contribution in [1.29, 1.82) is 0 Å². The molecule has 2 rings (SSSR count). The van der Waals surface area contributed by atoms with Crippen LogP contribution in [0.2, 0.25) is 0 Å². The molecular formula is C18H21N. The highest BCUT2D eigenvalue weighted by Crippen LogP contribution is 2.12. The first kappa shape index (κ1) is 13.6. The van der Waals surface area contributed by atoms with E-state index in [2.05, 4.69) is 79.0 Å². The van der Waals surface area contributed by atoms with Gasteiger partial charge in [-0.2, -0.15) is 0 Å². The third-order valence-corrected chi connectivity index (χ3v) is 3.19. The van der Waals surface area contributed by atoms with E-state index < -0.39 is 0 Å². The summed E-state index contributed by atoms with van der Waals surface area (Å²) in [6.07, 6.45) is 4.33. The molecule has 0 aliphatic rings. The summed E-state index contributed by atoms with van der Waals surface area (Å²) in [6, 6.07) is 21.0. The van der Waals surface area contributed by atoms with E-state index in [1.54, 1.807) is 0 Å². The molecule has 0 radical (unpaired) electrons. The van der Waals surface area contributed by atoms with E-state index in [-0.39, 0.29) is 0 Å². The number of hydrogen-bond donors (Lipinski definition) is 1. The molecule has 0 aliphatic carbocycles. The summed E-state index contributed by atoms with van der Waals surface area (Å²) in [7, 11) is 0. The highest BCUT2D eigenvalue weighted by atomic mass is 14.8. The summed E-state index contributed by atoms with van der Waals surface area (Å²) in [6.45, 7) is 4.17. The molecule has 0 aliphatic heterocycles. The molecule has 0 bridgehead atoms. The highest BCUT2D eigenvalue weighted by molar-refractivity contribution is 5.48. The number of benzene rings is 2. The average Bonchev–Trinajstić information content (AvgIpc) is 2.49. The zero-order chi connectivity index (χ0) is 13.3. The highest BCUT2D eigenvalue weighted by Gasteiger charge is 2.02. The normalized spacial score (nSPS) is 12.7. The first-order chi connectivity index (χ1) is 9.36. The van der Waals surface area contributed by atoms with Gasteiger partial charge in [0, 0.05) is 13.1 Å². The van der Waals surface area contributed by atoms with Gasteiger partial charge < -0.3 is 5.32 Å². The zero-order valence-corrected chi connectivity index (χ0v) is 11.4. The van der Waals surface area contributed by atoms with Crippen LogP contribution in [0.1, 0.15) is 24.0 Å². The standard InChI is InChI=1S/C18H21N/c1-16(18-12-6-3-7-13-18)15-19-14-8-11-17-9-4-2-5-10-17/h2-13,16,19H,14-15H2,1H3/b11-8+. The van der Waals surface area contributed by atoms with Crippen LogP contribution in [-0.2, 0) is 0 Å². The molecule has 19 heavy (non-hydrogen) atoms. The molecule has 1 heteroatoms. The first-order valence-electron chi connectivity index (χ1n) is 6.83. The molecule has 1 nitrogen and oxygen atoms in total. The zero-order valence-electron chi connectivity index (χ0n) is 11.4. The van der Waals surface area contributed by atoms with Gasteiger partial charge in [-0.3, -0.25) is 0 Å². The SMILES string of the molecule is CC(CNC/C=C/c1ccccc1)c1ccccc1. The minimum absolute atomic E-state index is 0.548. The molecule has 2 aromatic rings. The Morgan fingerprint density at radius 1 is 0.947 bits per heavy atom. The predicted octanol–water partition coefficient (Wildman–Crippen LogP) is 4.09. The van der Waals surface area contributed by atoms with Crippen molar-refractivity contribution >= 4 is 6.08 Å². The summed E-state index contributed by atoms with van der Waals surface area (Å²) < 4.78 is 0. The quantitative estimate of drug-likeness (QED) is 0.762. The monoisotopic (exact) mass is 251 g/mol. The molecule has 98 valence electrons. The van der Waals surface area contributed by atoms with Gasteiger partial charge in [-0.1, -0.05) is 79.7 Å². The van der Waals surface area contributed by atoms with Crippen LogP contribution in [0, 0.1) is 0 Å². The Hall–Kier alpha value is -1.86. The van der Waals surface area contributed by atoms with Crippen molar-refractivity contribution in [3.8, 4) is 0 Å². The van der Waals surface area contributed by atoms with E-state index in [1.165, 1.54) is 11.1 Å². The Morgan fingerprint density at radius 3 is 2.26 bits per heavy atom. The molecule has 2 aromatic carbocycles. The van der Waals surface area contributed by atoms with Gasteiger partial charge in [0.2, 0.25) is 0 Å². The smallest absolute Gasteiger partial charge is 0.0138 e. The van der Waals surface area contributed by atoms with Crippen molar-refractivity contribution in [2.75, 3.05) is 13.1 Å². The van der Waals surface area contributed by atoms with Gasteiger partial charge >= 0.3 is 0 Å². The maximum atomic E-state index is 3.47. The van der Waals surface area contributed by atoms with Crippen molar-refractivity contribution in [1.82, 2.24) is 5.32 Å². The minimum Gasteiger partial charge on any atom is -0.313 e. The maximum Gasteiger partial charge on any atom is 0.0138 e. The van der Waals surface area contributed by atoms with E-state index in [9.17, 15) is 0 Å². The largest absolute Gasteiger partial charge is 0.313 e. The summed E-state index contributed by atoms with van der Waals surface area (Å²) in [5.74, 6) is 0.548. The van der Waals surface area contributed by atoms with Gasteiger partial charge in [0.15, 0.2) is 0 Å². The summed E-state index contributed by atoms with van der Waals surface area (Å²) in [5.41, 5.74) is 2.64. The molecular weight excluding hydrogens is 230 g/mol. The van der Waals surface area contributed by atoms with E-state index in [4.69, 9.17) is 0 Å². The van der Waals surface area contributed by atoms with Crippen LogP contribution >= 0.6 is 0 Å². The first-order valence-corrected chi connectivity index (χ1v) is 6.83. The van der Waals surface area contributed by atoms with Crippen LogP contribution in [0.25, 0.3) is 6.08 Å². The average molecular weight is 251 g/mol. The van der Waals surface area contributed by atoms with Crippen LogP contribution in [-0.4, -0.2) is 13.1 Å². The second-order valence-corrected chi connectivity index (χ2v) is 4.78. The van der Waals surface area contributed by atoms with Crippen LogP contribution < -0.4 is 5.32 Å². The molecule has 0 saturated carbocycles. The number of rotatable bonds is 6. The van der Waals surface area contributed by atoms with Crippen LogP contribution in [0.3, 0.4) is 0 Å². The fraction of sp³-hybridized carbons (Fsp3) is 0.222. The predicted molar refractivity (Wildman–Crippen MR) is 83.2 cm³/mol. The molecule has 0 saturated heterocycles. The fourth-order valence-electron chi connectivity index (χ4n) is 2.04. The molecule has 0 heterocycles. The van der Waals surface area contributed by atoms with Gasteiger partial charge in [-0.25, -0.2) is 0 Å². The Morgan fingerprint density at radius 2 is 1.58 bits per heavy atom. The van der Waals surface area contributed by atoms with Crippen LogP contribution in [0.5, 0.6) is 0 Å². The van der Waals surface area contributed by atoms with Crippen LogP contribution in [0.4, 0.5) is 0 Å². The van der Waals surface area contributed by atoms with Crippen molar-refractivity contribution in [3.05, 3.63) is 77.9 Å². The Kier molecular flexibility index (Phi) is 5.39. The van der Waals surface area contributed by atoms with Gasteiger partial charge in [-0.15, -0.1) is 0 Å². The molecule has 1 unspecified atom stereocenters. The van der Waals surface area contributed by atoms with Gasteiger partial charge in [0.1, 0.15) is 0 Å². The molecule has 1 atom stereocenters. The lowest BCUT2D eigenvalue weighted by molar-refractivity contribution is 0.652. The van der Waals surface area contributed by atoms with Gasteiger partial charge in [0.25, 0.3) is 0 Å². The topological polar surface area (TPSA) is 12.0 Å². The summed E-state index contributed by atoms with van der Waals surface area (Å²) >= 11 is 0. The van der Waals surface area contributed by atoms with Crippen molar-refractivity contribution < 1.29 is 0 Å². The molecule has 1 N–H and O–H groups in total. The summed E-state index contributed by atoms with van der Waals surface area (Å²) in [4.78, 5) is 0. The van der Waals surface area contributed by atoms with Crippen LogP contribution in [0.15, 0.2) is 66.7 Å². The van der Waals surface area contributed by atoms with Crippen molar-refractivity contribution in [2.45, 2.75) is 12.8 Å². The fourth-order valence-corrected chi connectivity index (χ4v) is 2.04. The Balaban J connectivity index is 1.71. The molecule has 0 spiro atoms. The third kappa shape index (κ3) is 4.72. The lowest BCUT2D eigenvalue weighted by Gasteiger charge is -2.11. The van der Waals surface area contributed by atoms with Crippen molar-refractivity contribution in [3.63, 3.8) is 0 Å². The Bertz CT molecular complexity index is 488. The van der Waals surface area contributed by atoms with Gasteiger partial charge in [-0.05, 0) is 17.0 Å². The second-order valence-electron chi connectivity index (χ2n) is 4.78. The number of hydrogen-bond acceptors (Lipinski definition) is 1. The summed E-state index contributed by atoms with van der Waals surface area (Å²) in [5, 5.41) is 3.47.